The molecule has 6 nitrogen and oxygen atoms in total. The van der Waals surface area contributed by atoms with Crippen LogP contribution in [0.1, 0.15) is 76.1 Å². The summed E-state index contributed by atoms with van der Waals surface area (Å²) in [4.78, 5) is 25.5. The van der Waals surface area contributed by atoms with Crippen LogP contribution in [0, 0.1) is 11.3 Å². The van der Waals surface area contributed by atoms with Crippen LogP contribution in [-0.2, 0) is 14.3 Å². The number of benzene rings is 1. The minimum Gasteiger partial charge on any atom is -0.508 e. The predicted octanol–water partition coefficient (Wildman–Crippen LogP) is 3.78. The Hall–Kier alpha value is -1.92. The second kappa shape index (κ2) is 7.06. The van der Waals surface area contributed by atoms with Gasteiger partial charge in [-0.1, -0.05) is 6.92 Å². The van der Waals surface area contributed by atoms with Crippen molar-refractivity contribution in [1.82, 2.24) is 0 Å². The minimum atomic E-state index is -0.919. The SMILES string of the molecule is CCC(C)(C)C(=O)OC12CC3CC(O)(CC(OCC(=O)c4ccc(O)cc4)(C3)C1)C2. The maximum absolute atomic E-state index is 12.8. The molecule has 164 valence electrons. The number of ether oxygens (including phenoxy) is 2. The smallest absolute Gasteiger partial charge is 0.312 e. The van der Waals surface area contributed by atoms with Crippen LogP contribution in [0.3, 0.4) is 0 Å². The summed E-state index contributed by atoms with van der Waals surface area (Å²) in [7, 11) is 0. The van der Waals surface area contributed by atoms with Crippen molar-refractivity contribution in [3.8, 4) is 5.75 Å². The lowest BCUT2D eigenvalue weighted by atomic mass is 9.50. The summed E-state index contributed by atoms with van der Waals surface area (Å²) in [6, 6.07) is 6.10. The van der Waals surface area contributed by atoms with Crippen molar-refractivity contribution in [2.75, 3.05) is 6.61 Å². The number of hydrogen-bond acceptors (Lipinski definition) is 6. The van der Waals surface area contributed by atoms with Crippen LogP contribution in [0.2, 0.25) is 0 Å². The van der Waals surface area contributed by atoms with Crippen molar-refractivity contribution >= 4 is 11.8 Å². The third kappa shape index (κ3) is 3.87. The Kier molecular flexibility index (Phi) is 5.02. The topological polar surface area (TPSA) is 93.1 Å². The first kappa shape index (κ1) is 21.3. The van der Waals surface area contributed by atoms with Gasteiger partial charge in [0.15, 0.2) is 5.78 Å². The average molecular weight is 417 g/mol. The van der Waals surface area contributed by atoms with E-state index in [4.69, 9.17) is 9.47 Å². The number of ketones is 1. The molecule has 1 aromatic rings. The maximum atomic E-state index is 12.8. The fourth-order valence-electron chi connectivity index (χ4n) is 5.92. The number of rotatable bonds is 7. The largest absolute Gasteiger partial charge is 0.508 e. The molecule has 4 aliphatic carbocycles. The van der Waals surface area contributed by atoms with Gasteiger partial charge in [-0.2, -0.15) is 0 Å². The van der Waals surface area contributed by atoms with Crippen molar-refractivity contribution in [3.63, 3.8) is 0 Å². The highest BCUT2D eigenvalue weighted by Crippen LogP contribution is 2.62. The first-order valence-corrected chi connectivity index (χ1v) is 10.9. The molecule has 1 aromatic carbocycles. The molecule has 4 aliphatic rings. The molecule has 30 heavy (non-hydrogen) atoms. The Morgan fingerprint density at radius 2 is 1.70 bits per heavy atom. The van der Waals surface area contributed by atoms with E-state index < -0.39 is 22.2 Å². The van der Waals surface area contributed by atoms with E-state index in [0.717, 1.165) is 12.8 Å². The van der Waals surface area contributed by atoms with Crippen molar-refractivity contribution in [2.24, 2.45) is 11.3 Å². The fourth-order valence-corrected chi connectivity index (χ4v) is 5.92. The van der Waals surface area contributed by atoms with E-state index in [1.165, 1.54) is 12.1 Å². The highest BCUT2D eigenvalue weighted by atomic mass is 16.6. The van der Waals surface area contributed by atoms with Crippen LogP contribution in [0.4, 0.5) is 0 Å². The van der Waals surface area contributed by atoms with Gasteiger partial charge in [-0.3, -0.25) is 9.59 Å². The Morgan fingerprint density at radius 3 is 2.33 bits per heavy atom. The Labute approximate surface area is 177 Å². The first-order valence-electron chi connectivity index (χ1n) is 10.9. The van der Waals surface area contributed by atoms with Gasteiger partial charge in [-0.15, -0.1) is 0 Å². The van der Waals surface area contributed by atoms with Gasteiger partial charge in [-0.25, -0.2) is 0 Å². The van der Waals surface area contributed by atoms with Gasteiger partial charge >= 0.3 is 5.97 Å². The van der Waals surface area contributed by atoms with E-state index in [1.54, 1.807) is 12.1 Å². The van der Waals surface area contributed by atoms with Crippen LogP contribution in [0.15, 0.2) is 24.3 Å². The van der Waals surface area contributed by atoms with Crippen LogP contribution < -0.4 is 0 Å². The number of phenolic OH excluding ortho intramolecular Hbond substituents is 1. The fraction of sp³-hybridized carbons (Fsp3) is 0.667. The lowest BCUT2D eigenvalue weighted by molar-refractivity contribution is -0.273. The number of phenols is 1. The van der Waals surface area contributed by atoms with E-state index in [1.807, 2.05) is 20.8 Å². The zero-order valence-electron chi connectivity index (χ0n) is 18.1. The van der Waals surface area contributed by atoms with E-state index in [-0.39, 0.29) is 30.0 Å². The number of aliphatic hydroxyl groups is 1. The predicted molar refractivity (Wildman–Crippen MR) is 110 cm³/mol. The molecule has 4 unspecified atom stereocenters. The zero-order chi connectivity index (χ0) is 21.8. The second-order valence-corrected chi connectivity index (χ2v) is 10.5. The summed E-state index contributed by atoms with van der Waals surface area (Å²) in [6.07, 6.45) is 4.33. The van der Waals surface area contributed by atoms with Gasteiger partial charge < -0.3 is 19.7 Å². The van der Waals surface area contributed by atoms with E-state index in [9.17, 15) is 19.8 Å². The zero-order valence-corrected chi connectivity index (χ0v) is 18.1. The molecule has 0 radical (unpaired) electrons. The molecule has 0 aliphatic heterocycles. The second-order valence-electron chi connectivity index (χ2n) is 10.5. The quantitative estimate of drug-likeness (QED) is 0.519. The number of hydrogen-bond donors (Lipinski definition) is 2. The summed E-state index contributed by atoms with van der Waals surface area (Å²) in [5.74, 6) is -0.0798. The standard InChI is InChI=1S/C24H32O6/c1-4-21(2,3)20(27)30-24-11-16-9-22(28,14-24)13-23(10-16,15-24)29-12-19(26)17-5-7-18(25)8-6-17/h5-8,16,25,28H,4,9-15H2,1-3H3. The molecule has 4 atom stereocenters. The molecule has 0 heterocycles. The van der Waals surface area contributed by atoms with Gasteiger partial charge in [0.25, 0.3) is 0 Å². The summed E-state index contributed by atoms with van der Waals surface area (Å²) in [5.41, 5.74) is -2.40. The Bertz CT molecular complexity index is 846. The summed E-state index contributed by atoms with van der Waals surface area (Å²) >= 11 is 0. The molecule has 4 fully saturated rings. The lowest BCUT2D eigenvalue weighted by Crippen LogP contribution is -2.68. The van der Waals surface area contributed by atoms with Crippen molar-refractivity contribution in [3.05, 3.63) is 29.8 Å². The van der Waals surface area contributed by atoms with Crippen LogP contribution in [0.5, 0.6) is 5.75 Å². The van der Waals surface area contributed by atoms with Gasteiger partial charge in [0.2, 0.25) is 0 Å². The lowest BCUT2D eigenvalue weighted by Gasteiger charge is -2.63. The van der Waals surface area contributed by atoms with Crippen molar-refractivity contribution < 1.29 is 29.3 Å². The summed E-state index contributed by atoms with van der Waals surface area (Å²) in [6.45, 7) is 5.63. The summed E-state index contributed by atoms with van der Waals surface area (Å²) < 4.78 is 12.3. The highest BCUT2D eigenvalue weighted by Gasteiger charge is 2.65. The van der Waals surface area contributed by atoms with Crippen LogP contribution >= 0.6 is 0 Å². The van der Waals surface area contributed by atoms with E-state index in [0.29, 0.717) is 37.7 Å². The molecule has 4 bridgehead atoms. The molecule has 0 amide bonds. The average Bonchev–Trinajstić information content (AvgIpc) is 2.64. The molecule has 4 saturated carbocycles. The minimum absolute atomic E-state index is 0.0992. The van der Waals surface area contributed by atoms with E-state index >= 15 is 0 Å². The Balaban J connectivity index is 1.51. The highest BCUT2D eigenvalue weighted by molar-refractivity contribution is 5.97. The van der Waals surface area contributed by atoms with Crippen molar-refractivity contribution in [2.45, 2.75) is 82.5 Å². The van der Waals surface area contributed by atoms with Crippen LogP contribution in [0.25, 0.3) is 0 Å². The van der Waals surface area contributed by atoms with Gasteiger partial charge in [-0.05, 0) is 69.7 Å². The summed E-state index contributed by atoms with van der Waals surface area (Å²) in [5, 5.41) is 20.6. The number of carbonyl (C=O) groups excluding carboxylic acids is 2. The number of aromatic hydroxyl groups is 1. The molecular formula is C24H32O6. The Morgan fingerprint density at radius 1 is 1.07 bits per heavy atom. The third-order valence-corrected chi connectivity index (χ3v) is 7.38. The van der Waals surface area contributed by atoms with E-state index in [2.05, 4.69) is 0 Å². The molecule has 2 N–H and O–H groups in total. The normalized spacial score (nSPS) is 34.7. The molecule has 0 spiro atoms. The monoisotopic (exact) mass is 416 g/mol. The van der Waals surface area contributed by atoms with Crippen LogP contribution in [-0.4, -0.2) is 45.4 Å². The third-order valence-electron chi connectivity index (χ3n) is 7.38. The number of Topliss-reactive ketones (excluding diaryl/α,β-unsaturated/α-hetero) is 1. The first-order chi connectivity index (χ1) is 14.0. The number of carbonyl (C=O) groups is 2. The van der Waals surface area contributed by atoms with Gasteiger partial charge in [0.1, 0.15) is 18.0 Å². The molecule has 0 saturated heterocycles. The molecule has 5 rings (SSSR count). The number of esters is 1. The van der Waals surface area contributed by atoms with Gasteiger partial charge in [0.05, 0.1) is 16.6 Å². The van der Waals surface area contributed by atoms with Crippen molar-refractivity contribution in [1.29, 1.82) is 0 Å². The maximum Gasteiger partial charge on any atom is 0.312 e. The molecule has 6 heteroatoms. The molecule has 0 aromatic heterocycles. The molecular weight excluding hydrogens is 384 g/mol. The van der Waals surface area contributed by atoms with Gasteiger partial charge in [0, 0.05) is 24.8 Å².